The van der Waals surface area contributed by atoms with Gasteiger partial charge < -0.3 is 5.32 Å². The van der Waals surface area contributed by atoms with Crippen molar-refractivity contribution in [2.24, 2.45) is 5.92 Å². The van der Waals surface area contributed by atoms with Crippen LogP contribution in [-0.2, 0) is 6.54 Å². The van der Waals surface area contributed by atoms with Gasteiger partial charge in [-0.2, -0.15) is 5.10 Å². The number of aryl methyl sites for hydroxylation is 2. The van der Waals surface area contributed by atoms with Gasteiger partial charge in [0, 0.05) is 12.7 Å². The van der Waals surface area contributed by atoms with Crippen LogP contribution < -0.4 is 5.32 Å². The van der Waals surface area contributed by atoms with Crippen molar-refractivity contribution in [1.82, 2.24) is 30.0 Å². The summed E-state index contributed by atoms with van der Waals surface area (Å²) in [6.07, 6.45) is 6.82. The Labute approximate surface area is 122 Å². The summed E-state index contributed by atoms with van der Waals surface area (Å²) in [5.41, 5.74) is 1.12. The Kier molecular flexibility index (Phi) is 3.64. The highest BCUT2D eigenvalue weighted by atomic mass is 16.2. The number of carbonyl (C=O) groups excluding carboxylic acids is 1. The second-order valence-corrected chi connectivity index (χ2v) is 5.27. The van der Waals surface area contributed by atoms with Gasteiger partial charge in [-0.3, -0.25) is 9.78 Å². The first-order valence-electron chi connectivity index (χ1n) is 7.16. The lowest BCUT2D eigenvalue weighted by atomic mass is 10.1. The largest absolute Gasteiger partial charge is 0.340 e. The third-order valence-corrected chi connectivity index (χ3v) is 3.62. The summed E-state index contributed by atoms with van der Waals surface area (Å²) in [7, 11) is 0. The fourth-order valence-electron chi connectivity index (χ4n) is 2.31. The molecule has 1 atom stereocenters. The average Bonchev–Trinajstić information content (AvgIpc) is 3.22. The third kappa shape index (κ3) is 2.91. The Balaban J connectivity index is 1.79. The van der Waals surface area contributed by atoms with E-state index in [1.165, 1.54) is 12.5 Å². The fraction of sp³-hybridized carbons (Fsp3) is 0.500. The molecule has 21 heavy (non-hydrogen) atoms. The van der Waals surface area contributed by atoms with E-state index in [0.29, 0.717) is 11.6 Å². The van der Waals surface area contributed by atoms with Crippen molar-refractivity contribution < 1.29 is 4.79 Å². The first-order chi connectivity index (χ1) is 10.2. The minimum atomic E-state index is -0.218. The smallest absolute Gasteiger partial charge is 0.272 e. The van der Waals surface area contributed by atoms with Gasteiger partial charge in [-0.25, -0.2) is 14.6 Å². The summed E-state index contributed by atoms with van der Waals surface area (Å²) >= 11 is 0. The lowest BCUT2D eigenvalue weighted by molar-refractivity contribution is 0.0923. The summed E-state index contributed by atoms with van der Waals surface area (Å²) in [6.45, 7) is 4.58. The monoisotopic (exact) mass is 286 g/mol. The normalized spacial score (nSPS) is 15.7. The van der Waals surface area contributed by atoms with E-state index < -0.39 is 0 Å². The lowest BCUT2D eigenvalue weighted by Crippen LogP contribution is -2.32. The van der Waals surface area contributed by atoms with Crippen LogP contribution in [0.3, 0.4) is 0 Å². The molecule has 3 rings (SSSR count). The Morgan fingerprint density at radius 3 is 2.81 bits per heavy atom. The molecule has 110 valence electrons. The predicted octanol–water partition coefficient (Wildman–Crippen LogP) is 1.28. The van der Waals surface area contributed by atoms with Gasteiger partial charge in [0.15, 0.2) is 0 Å². The SMILES string of the molecule is CCn1ncnc1[C@@H](NC(=O)c1cnc(C)cn1)C1CC1. The summed E-state index contributed by atoms with van der Waals surface area (Å²) in [5.74, 6) is 1.03. The maximum absolute atomic E-state index is 12.3. The Hall–Kier alpha value is -2.31. The average molecular weight is 286 g/mol. The van der Waals surface area contributed by atoms with Gasteiger partial charge in [0.1, 0.15) is 17.8 Å². The molecule has 7 nitrogen and oxygen atoms in total. The van der Waals surface area contributed by atoms with Gasteiger partial charge in [-0.1, -0.05) is 0 Å². The summed E-state index contributed by atoms with van der Waals surface area (Å²) < 4.78 is 1.82. The zero-order valence-electron chi connectivity index (χ0n) is 12.2. The number of hydrogen-bond donors (Lipinski definition) is 1. The van der Waals surface area contributed by atoms with Gasteiger partial charge in [0.05, 0.1) is 17.9 Å². The molecule has 0 radical (unpaired) electrons. The molecule has 1 fully saturated rings. The fourth-order valence-corrected chi connectivity index (χ4v) is 2.31. The second-order valence-electron chi connectivity index (χ2n) is 5.27. The molecular formula is C14H18N6O. The molecule has 0 unspecified atom stereocenters. The molecule has 2 heterocycles. The molecular weight excluding hydrogens is 268 g/mol. The molecule has 1 N–H and O–H groups in total. The Morgan fingerprint density at radius 1 is 1.38 bits per heavy atom. The molecule has 0 aliphatic heterocycles. The molecule has 2 aromatic rings. The highest BCUT2D eigenvalue weighted by Crippen LogP contribution is 2.40. The van der Waals surface area contributed by atoms with Crippen molar-refractivity contribution in [2.45, 2.75) is 39.3 Å². The topological polar surface area (TPSA) is 85.6 Å². The van der Waals surface area contributed by atoms with Crippen LogP contribution in [0, 0.1) is 12.8 Å². The Morgan fingerprint density at radius 2 is 2.19 bits per heavy atom. The van der Waals surface area contributed by atoms with Crippen LogP contribution in [0.15, 0.2) is 18.7 Å². The zero-order chi connectivity index (χ0) is 14.8. The summed E-state index contributed by atoms with van der Waals surface area (Å²) in [4.78, 5) is 24.9. The standard InChI is InChI=1S/C14H18N6O/c1-3-20-13(17-8-18-20)12(10-4-5-10)19-14(21)11-7-15-9(2)6-16-11/h6-8,10,12H,3-5H2,1-2H3,(H,19,21)/t12-/m0/s1. The van der Waals surface area contributed by atoms with Gasteiger partial charge in [0.25, 0.3) is 5.91 Å². The predicted molar refractivity (Wildman–Crippen MR) is 75.4 cm³/mol. The van der Waals surface area contributed by atoms with Crippen LogP contribution in [0.5, 0.6) is 0 Å². The van der Waals surface area contributed by atoms with Gasteiger partial charge in [0.2, 0.25) is 0 Å². The van der Waals surface area contributed by atoms with Crippen molar-refractivity contribution in [3.63, 3.8) is 0 Å². The summed E-state index contributed by atoms with van der Waals surface area (Å²) in [5, 5.41) is 7.21. The zero-order valence-corrected chi connectivity index (χ0v) is 12.2. The van der Waals surface area contributed by atoms with Crippen LogP contribution in [0.1, 0.15) is 47.8 Å². The van der Waals surface area contributed by atoms with Crippen molar-refractivity contribution in [1.29, 1.82) is 0 Å². The van der Waals surface area contributed by atoms with E-state index in [9.17, 15) is 4.79 Å². The number of aromatic nitrogens is 5. The number of rotatable bonds is 5. The van der Waals surface area contributed by atoms with Crippen LogP contribution in [-0.4, -0.2) is 30.6 Å². The maximum atomic E-state index is 12.3. The van der Waals surface area contributed by atoms with E-state index in [-0.39, 0.29) is 11.9 Å². The minimum absolute atomic E-state index is 0.108. The first-order valence-corrected chi connectivity index (χ1v) is 7.16. The molecule has 0 aromatic carbocycles. The van der Waals surface area contributed by atoms with E-state index >= 15 is 0 Å². The molecule has 2 aromatic heterocycles. The van der Waals surface area contributed by atoms with E-state index in [1.54, 1.807) is 6.20 Å². The summed E-state index contributed by atoms with van der Waals surface area (Å²) in [6, 6.07) is -0.108. The number of hydrogen-bond acceptors (Lipinski definition) is 5. The van der Waals surface area contributed by atoms with Gasteiger partial charge in [-0.05, 0) is 32.6 Å². The van der Waals surface area contributed by atoms with Gasteiger partial charge >= 0.3 is 0 Å². The highest BCUT2D eigenvalue weighted by molar-refractivity contribution is 5.92. The molecule has 0 saturated heterocycles. The van der Waals surface area contributed by atoms with Crippen LogP contribution in [0.4, 0.5) is 0 Å². The molecule has 1 saturated carbocycles. The van der Waals surface area contributed by atoms with E-state index in [2.05, 4.69) is 25.4 Å². The lowest BCUT2D eigenvalue weighted by Gasteiger charge is -2.17. The molecule has 1 aliphatic carbocycles. The molecule has 7 heteroatoms. The van der Waals surface area contributed by atoms with Crippen LogP contribution in [0.2, 0.25) is 0 Å². The molecule has 1 aliphatic rings. The number of nitrogens with one attached hydrogen (secondary N) is 1. The van der Waals surface area contributed by atoms with E-state index in [1.807, 2.05) is 18.5 Å². The van der Waals surface area contributed by atoms with Crippen LogP contribution in [0.25, 0.3) is 0 Å². The Bertz CT molecular complexity index is 631. The number of nitrogens with zero attached hydrogens (tertiary/aromatic N) is 5. The van der Waals surface area contributed by atoms with E-state index in [4.69, 9.17) is 0 Å². The third-order valence-electron chi connectivity index (χ3n) is 3.62. The second kappa shape index (κ2) is 5.59. The van der Waals surface area contributed by atoms with Crippen LogP contribution >= 0.6 is 0 Å². The maximum Gasteiger partial charge on any atom is 0.272 e. The quantitative estimate of drug-likeness (QED) is 0.894. The van der Waals surface area contributed by atoms with Crippen molar-refractivity contribution >= 4 is 5.91 Å². The van der Waals surface area contributed by atoms with Crippen molar-refractivity contribution in [2.75, 3.05) is 0 Å². The number of amides is 1. The first kappa shape index (κ1) is 13.7. The van der Waals surface area contributed by atoms with E-state index in [0.717, 1.165) is 30.9 Å². The molecule has 0 bridgehead atoms. The van der Waals surface area contributed by atoms with Crippen molar-refractivity contribution in [3.8, 4) is 0 Å². The highest BCUT2D eigenvalue weighted by Gasteiger charge is 2.36. The molecule has 1 amide bonds. The van der Waals surface area contributed by atoms with Gasteiger partial charge in [-0.15, -0.1) is 0 Å². The minimum Gasteiger partial charge on any atom is -0.340 e. The molecule has 0 spiro atoms. The number of carbonyl (C=O) groups is 1. The van der Waals surface area contributed by atoms with Crippen molar-refractivity contribution in [3.05, 3.63) is 35.9 Å².